The van der Waals surface area contributed by atoms with Crippen LogP contribution in [-0.2, 0) is 9.53 Å². The molecule has 0 saturated heterocycles. The van der Waals surface area contributed by atoms with E-state index in [2.05, 4.69) is 13.8 Å². The molecule has 3 heteroatoms. The minimum Gasteiger partial charge on any atom is -0.390 e. The summed E-state index contributed by atoms with van der Waals surface area (Å²) in [5.74, 6) is 3.03. The second-order valence-corrected chi connectivity index (χ2v) is 10.3. The van der Waals surface area contributed by atoms with Crippen molar-refractivity contribution in [3.63, 3.8) is 0 Å². The maximum atomic E-state index is 12.6. The van der Waals surface area contributed by atoms with Gasteiger partial charge in [0.2, 0.25) is 0 Å². The zero-order valence-electron chi connectivity index (χ0n) is 16.5. The van der Waals surface area contributed by atoms with E-state index in [-0.39, 0.29) is 16.9 Å². The molecule has 0 spiro atoms. The van der Waals surface area contributed by atoms with Crippen molar-refractivity contribution < 1.29 is 14.6 Å². The number of fused-ring (bicyclic) bond motifs is 5. The minimum absolute atomic E-state index is 0.0499. The third kappa shape index (κ3) is 2.41. The summed E-state index contributed by atoms with van der Waals surface area (Å²) in [7, 11) is 1.86. The van der Waals surface area contributed by atoms with Gasteiger partial charge in [0.1, 0.15) is 5.78 Å². The highest BCUT2D eigenvalue weighted by atomic mass is 16.5. The molecule has 3 nitrogen and oxygen atoms in total. The van der Waals surface area contributed by atoms with Crippen LogP contribution in [0.1, 0.15) is 78.6 Å². The molecule has 0 aromatic carbocycles. The molecule has 4 aliphatic carbocycles. The van der Waals surface area contributed by atoms with Gasteiger partial charge < -0.3 is 9.84 Å². The van der Waals surface area contributed by atoms with Crippen molar-refractivity contribution in [1.82, 2.24) is 0 Å². The Balaban J connectivity index is 1.71. The van der Waals surface area contributed by atoms with Gasteiger partial charge in [0, 0.05) is 24.4 Å². The number of ether oxygens (including phenoxy) is 1. The van der Waals surface area contributed by atoms with Crippen molar-refractivity contribution in [2.24, 2.45) is 34.5 Å². The van der Waals surface area contributed by atoms with E-state index < -0.39 is 5.60 Å². The van der Waals surface area contributed by atoms with Crippen LogP contribution in [0.25, 0.3) is 0 Å². The molecule has 4 fully saturated rings. The monoisotopic (exact) mass is 348 g/mol. The molecule has 0 aliphatic heterocycles. The Labute approximate surface area is 152 Å². The first kappa shape index (κ1) is 18.0. The smallest absolute Gasteiger partial charge is 0.139 e. The van der Waals surface area contributed by atoms with Crippen LogP contribution in [0.2, 0.25) is 0 Å². The Morgan fingerprint density at radius 3 is 2.56 bits per heavy atom. The number of methoxy groups -OCH3 is 1. The molecule has 0 radical (unpaired) electrons. The van der Waals surface area contributed by atoms with E-state index in [4.69, 9.17) is 4.74 Å². The van der Waals surface area contributed by atoms with Gasteiger partial charge in [0.15, 0.2) is 0 Å². The number of hydrogen-bond acceptors (Lipinski definition) is 3. The summed E-state index contributed by atoms with van der Waals surface area (Å²) in [6.45, 7) is 6.55. The molecule has 0 unspecified atom stereocenters. The second kappa shape index (κ2) is 5.79. The molecule has 0 bridgehead atoms. The molecule has 0 aromatic rings. The van der Waals surface area contributed by atoms with E-state index in [9.17, 15) is 9.90 Å². The van der Waals surface area contributed by atoms with Gasteiger partial charge in [-0.3, -0.25) is 4.79 Å². The summed E-state index contributed by atoms with van der Waals surface area (Å²) < 4.78 is 5.98. The maximum absolute atomic E-state index is 12.6. The van der Waals surface area contributed by atoms with Crippen LogP contribution in [0.15, 0.2) is 0 Å². The summed E-state index contributed by atoms with van der Waals surface area (Å²) in [5, 5.41) is 10.7. The summed E-state index contributed by atoms with van der Waals surface area (Å²) in [4.78, 5) is 12.6. The van der Waals surface area contributed by atoms with Gasteiger partial charge in [0.25, 0.3) is 0 Å². The van der Waals surface area contributed by atoms with Crippen molar-refractivity contribution in [2.45, 2.75) is 90.3 Å². The van der Waals surface area contributed by atoms with Crippen LogP contribution in [0, 0.1) is 34.5 Å². The largest absolute Gasteiger partial charge is 0.390 e. The predicted octanol–water partition coefficient (Wildman–Crippen LogP) is 4.36. The number of rotatable bonds is 2. The lowest BCUT2D eigenvalue weighted by atomic mass is 9.42. The topological polar surface area (TPSA) is 46.5 Å². The number of ketones is 1. The molecule has 25 heavy (non-hydrogen) atoms. The molecule has 1 N–H and O–H groups in total. The van der Waals surface area contributed by atoms with Crippen molar-refractivity contribution in [3.05, 3.63) is 0 Å². The molecule has 4 saturated carbocycles. The van der Waals surface area contributed by atoms with Crippen molar-refractivity contribution in [3.8, 4) is 0 Å². The molecule has 0 aromatic heterocycles. The average Bonchev–Trinajstić information content (AvgIpc) is 2.88. The molecule has 0 amide bonds. The highest BCUT2D eigenvalue weighted by Gasteiger charge is 2.63. The van der Waals surface area contributed by atoms with Gasteiger partial charge in [-0.05, 0) is 88.9 Å². The Morgan fingerprint density at radius 1 is 1.08 bits per heavy atom. The third-order valence-corrected chi connectivity index (χ3v) is 9.34. The van der Waals surface area contributed by atoms with Crippen LogP contribution in [-0.4, -0.2) is 29.7 Å². The number of carbonyl (C=O) groups is 1. The number of hydrogen-bond donors (Lipinski definition) is 1. The van der Waals surface area contributed by atoms with Crippen LogP contribution in [0.3, 0.4) is 0 Å². The number of Topliss-reactive ketones (excluding diaryl/α,β-unsaturated/α-hetero) is 1. The fourth-order valence-electron chi connectivity index (χ4n) is 7.95. The quantitative estimate of drug-likeness (QED) is 0.806. The first-order valence-corrected chi connectivity index (χ1v) is 10.5. The molecule has 4 aliphatic rings. The van der Waals surface area contributed by atoms with Crippen LogP contribution >= 0.6 is 0 Å². The van der Waals surface area contributed by atoms with E-state index in [1.54, 1.807) is 0 Å². The predicted molar refractivity (Wildman–Crippen MR) is 98.2 cm³/mol. The lowest BCUT2D eigenvalue weighted by Crippen LogP contribution is -2.60. The lowest BCUT2D eigenvalue weighted by Gasteiger charge is -2.63. The number of aliphatic hydroxyl groups is 1. The van der Waals surface area contributed by atoms with Crippen molar-refractivity contribution in [2.75, 3.05) is 7.11 Å². The highest BCUT2D eigenvalue weighted by molar-refractivity contribution is 5.87. The van der Waals surface area contributed by atoms with E-state index in [0.29, 0.717) is 29.5 Å². The van der Waals surface area contributed by atoms with Crippen molar-refractivity contribution >= 4 is 5.78 Å². The molecule has 0 heterocycles. The number of carbonyl (C=O) groups excluding carboxylic acids is 1. The average molecular weight is 349 g/mol. The molecule has 142 valence electrons. The van der Waals surface area contributed by atoms with Gasteiger partial charge in [-0.25, -0.2) is 0 Å². The standard InChI is InChI=1S/C22H36O3/c1-14(25-4)22-12-11-20(2,24)13-15(22)5-6-16-17-7-8-19(23)21(17,3)10-9-18(16)22/h14-18,24H,5-13H2,1-4H3/t14-,15+,16-,17-,18-,20+,21-,22+/m0/s1. The highest BCUT2D eigenvalue weighted by Crippen LogP contribution is 2.67. The zero-order chi connectivity index (χ0) is 18.0. The van der Waals surface area contributed by atoms with Crippen LogP contribution in [0.4, 0.5) is 0 Å². The normalized spacial score (nSPS) is 53.7. The summed E-state index contributed by atoms with van der Waals surface area (Å²) in [6, 6.07) is 0. The SMILES string of the molecule is CO[C@@H](C)[C@]12CC[C@@](C)(O)C[C@H]1CC[C@@H]1[C@@H]2CC[C@]2(C)C(=O)CC[C@@H]12. The summed E-state index contributed by atoms with van der Waals surface area (Å²) >= 11 is 0. The van der Waals surface area contributed by atoms with Crippen LogP contribution in [0.5, 0.6) is 0 Å². The fourth-order valence-corrected chi connectivity index (χ4v) is 7.95. The summed E-state index contributed by atoms with van der Waals surface area (Å²) in [6.07, 6.45) is 9.73. The van der Waals surface area contributed by atoms with E-state index in [1.165, 1.54) is 19.3 Å². The maximum Gasteiger partial charge on any atom is 0.139 e. The second-order valence-electron chi connectivity index (χ2n) is 10.3. The van der Waals surface area contributed by atoms with Crippen LogP contribution < -0.4 is 0 Å². The first-order valence-electron chi connectivity index (χ1n) is 10.5. The minimum atomic E-state index is -0.513. The molecule has 4 rings (SSSR count). The summed E-state index contributed by atoms with van der Waals surface area (Å²) in [5.41, 5.74) is -0.362. The Kier molecular flexibility index (Phi) is 4.16. The van der Waals surface area contributed by atoms with Gasteiger partial charge in [0.05, 0.1) is 11.7 Å². The van der Waals surface area contributed by atoms with E-state index >= 15 is 0 Å². The Bertz CT molecular complexity index is 555. The van der Waals surface area contributed by atoms with Gasteiger partial charge >= 0.3 is 0 Å². The Morgan fingerprint density at radius 2 is 1.84 bits per heavy atom. The third-order valence-electron chi connectivity index (χ3n) is 9.34. The van der Waals surface area contributed by atoms with Gasteiger partial charge in [-0.1, -0.05) is 6.92 Å². The molecular formula is C22H36O3. The van der Waals surface area contributed by atoms with Gasteiger partial charge in [-0.2, -0.15) is 0 Å². The van der Waals surface area contributed by atoms with Gasteiger partial charge in [-0.15, -0.1) is 0 Å². The zero-order valence-corrected chi connectivity index (χ0v) is 16.5. The molecular weight excluding hydrogens is 312 g/mol. The van der Waals surface area contributed by atoms with Crippen molar-refractivity contribution in [1.29, 1.82) is 0 Å². The van der Waals surface area contributed by atoms with E-state index in [1.807, 2.05) is 14.0 Å². The lowest BCUT2D eigenvalue weighted by molar-refractivity contribution is -0.196. The van der Waals surface area contributed by atoms with E-state index in [0.717, 1.165) is 38.5 Å². The fraction of sp³-hybridized carbons (Fsp3) is 0.955. The Hall–Kier alpha value is -0.410. The first-order chi connectivity index (χ1) is 11.7. The molecule has 8 atom stereocenters.